The molecule has 0 aromatic heterocycles. The zero-order valence-electron chi connectivity index (χ0n) is 7.74. The Labute approximate surface area is 85.8 Å². The van der Waals surface area contributed by atoms with Crippen LogP contribution in [0.2, 0.25) is 0 Å². The molecule has 0 aliphatic carbocycles. The molecule has 8 heteroatoms. The van der Waals surface area contributed by atoms with Gasteiger partial charge in [0, 0.05) is 6.08 Å². The first kappa shape index (κ1) is 13.6. The van der Waals surface area contributed by atoms with Crippen molar-refractivity contribution in [2.75, 3.05) is 0 Å². The van der Waals surface area contributed by atoms with Crippen LogP contribution in [0.3, 0.4) is 0 Å². The van der Waals surface area contributed by atoms with Crippen molar-refractivity contribution in [2.24, 2.45) is 0 Å². The van der Waals surface area contributed by atoms with Crippen molar-refractivity contribution >= 4 is 22.1 Å². The molecule has 0 saturated carbocycles. The van der Waals surface area contributed by atoms with E-state index >= 15 is 0 Å². The molecule has 0 aromatic rings. The first-order valence-electron chi connectivity index (χ1n) is 3.84. The molecule has 0 aromatic carbocycles. The molecule has 1 unspecified atom stereocenters. The van der Waals surface area contributed by atoms with Crippen LogP contribution >= 0.6 is 0 Å². The monoisotopic (exact) mass is 238 g/mol. The summed E-state index contributed by atoms with van der Waals surface area (Å²) in [6.07, 6.45) is 0.0223. The van der Waals surface area contributed by atoms with E-state index in [1.54, 1.807) is 0 Å². The zero-order valence-corrected chi connectivity index (χ0v) is 8.56. The molecule has 86 valence electrons. The summed E-state index contributed by atoms with van der Waals surface area (Å²) in [6.45, 7) is 1.32. The first-order chi connectivity index (χ1) is 6.70. The SMILES string of the molecule is CCC(C(=CC(=O)O)C(=O)O)S(=O)(=O)O. The van der Waals surface area contributed by atoms with Crippen LogP contribution in [0.1, 0.15) is 13.3 Å². The van der Waals surface area contributed by atoms with E-state index < -0.39 is 32.9 Å². The van der Waals surface area contributed by atoms with E-state index in [0.717, 1.165) is 0 Å². The van der Waals surface area contributed by atoms with Crippen molar-refractivity contribution in [3.63, 3.8) is 0 Å². The van der Waals surface area contributed by atoms with Crippen LogP contribution in [0, 0.1) is 0 Å². The van der Waals surface area contributed by atoms with Gasteiger partial charge < -0.3 is 10.2 Å². The van der Waals surface area contributed by atoms with Gasteiger partial charge in [-0.15, -0.1) is 0 Å². The lowest BCUT2D eigenvalue weighted by Gasteiger charge is -2.11. The highest BCUT2D eigenvalue weighted by atomic mass is 32.2. The Hall–Kier alpha value is -1.41. The van der Waals surface area contributed by atoms with Gasteiger partial charge in [0.05, 0.1) is 5.57 Å². The summed E-state index contributed by atoms with van der Waals surface area (Å²) in [6, 6.07) is 0. The number of aliphatic carboxylic acids is 2. The Bertz CT molecular complexity index is 392. The summed E-state index contributed by atoms with van der Waals surface area (Å²) in [5.74, 6) is -3.28. The molecule has 0 radical (unpaired) electrons. The molecule has 1 atom stereocenters. The predicted molar refractivity (Wildman–Crippen MR) is 49.0 cm³/mol. The standard InChI is InChI=1S/C7H10O7S/c1-2-5(15(12,13)14)4(7(10)11)3-6(8)9/h3,5H,2H2,1H3,(H,8,9)(H,10,11)(H,12,13,14). The van der Waals surface area contributed by atoms with Gasteiger partial charge in [0.1, 0.15) is 5.25 Å². The maximum absolute atomic E-state index is 10.7. The molecule has 0 heterocycles. The van der Waals surface area contributed by atoms with Crippen LogP contribution in [0.4, 0.5) is 0 Å². The van der Waals surface area contributed by atoms with Crippen molar-refractivity contribution in [3.05, 3.63) is 11.6 Å². The molecule has 0 aliphatic rings. The van der Waals surface area contributed by atoms with Gasteiger partial charge >= 0.3 is 11.9 Å². The van der Waals surface area contributed by atoms with Crippen LogP contribution in [-0.4, -0.2) is 40.4 Å². The third-order valence-corrected chi connectivity index (χ3v) is 2.91. The zero-order chi connectivity index (χ0) is 12.2. The molecular weight excluding hydrogens is 228 g/mol. The van der Waals surface area contributed by atoms with E-state index in [4.69, 9.17) is 14.8 Å². The number of hydrogen-bond donors (Lipinski definition) is 3. The van der Waals surface area contributed by atoms with Gasteiger partial charge in [-0.25, -0.2) is 9.59 Å². The van der Waals surface area contributed by atoms with Crippen molar-refractivity contribution in [1.29, 1.82) is 0 Å². The maximum atomic E-state index is 10.7. The minimum Gasteiger partial charge on any atom is -0.478 e. The third-order valence-electron chi connectivity index (χ3n) is 1.60. The number of carboxylic acid groups (broad SMARTS) is 2. The van der Waals surface area contributed by atoms with E-state index in [2.05, 4.69) is 0 Å². The molecule has 0 saturated heterocycles. The van der Waals surface area contributed by atoms with Gasteiger partial charge in [-0.2, -0.15) is 8.42 Å². The molecular formula is C7H10O7S. The second kappa shape index (κ2) is 4.89. The van der Waals surface area contributed by atoms with Gasteiger partial charge in [0.15, 0.2) is 0 Å². The van der Waals surface area contributed by atoms with Crippen molar-refractivity contribution in [1.82, 2.24) is 0 Å². The molecule has 0 fully saturated rings. The first-order valence-corrected chi connectivity index (χ1v) is 5.34. The van der Waals surface area contributed by atoms with Gasteiger partial charge in [0.2, 0.25) is 0 Å². The molecule has 0 spiro atoms. The van der Waals surface area contributed by atoms with Crippen molar-refractivity contribution < 1.29 is 32.8 Å². The van der Waals surface area contributed by atoms with Crippen LogP contribution in [-0.2, 0) is 19.7 Å². The minimum atomic E-state index is -4.62. The molecule has 7 nitrogen and oxygen atoms in total. The summed E-state index contributed by atoms with van der Waals surface area (Å²) in [5, 5.41) is 15.2. The van der Waals surface area contributed by atoms with Gasteiger partial charge in [-0.1, -0.05) is 6.92 Å². The van der Waals surface area contributed by atoms with Crippen LogP contribution in [0.25, 0.3) is 0 Å². The highest BCUT2D eigenvalue weighted by molar-refractivity contribution is 7.86. The normalized spacial score (nSPS) is 14.7. The highest BCUT2D eigenvalue weighted by Gasteiger charge is 2.30. The lowest BCUT2D eigenvalue weighted by Crippen LogP contribution is -2.27. The molecule has 15 heavy (non-hydrogen) atoms. The fraction of sp³-hybridized carbons (Fsp3) is 0.429. The Morgan fingerprint density at radius 1 is 1.33 bits per heavy atom. The number of rotatable bonds is 5. The second-order valence-corrected chi connectivity index (χ2v) is 4.25. The lowest BCUT2D eigenvalue weighted by molar-refractivity contribution is -0.135. The average molecular weight is 238 g/mol. The van der Waals surface area contributed by atoms with E-state index in [-0.39, 0.29) is 12.5 Å². The average Bonchev–Trinajstić information content (AvgIpc) is 2.00. The fourth-order valence-corrected chi connectivity index (χ4v) is 1.93. The maximum Gasteiger partial charge on any atom is 0.333 e. The molecule has 0 rings (SSSR count). The topological polar surface area (TPSA) is 129 Å². The molecule has 0 bridgehead atoms. The van der Waals surface area contributed by atoms with Crippen LogP contribution in [0.15, 0.2) is 11.6 Å². The smallest absolute Gasteiger partial charge is 0.333 e. The number of hydrogen-bond acceptors (Lipinski definition) is 4. The van der Waals surface area contributed by atoms with E-state index in [9.17, 15) is 18.0 Å². The highest BCUT2D eigenvalue weighted by Crippen LogP contribution is 2.15. The molecule has 3 N–H and O–H groups in total. The summed E-state index contributed by atoms with van der Waals surface area (Å²) < 4.78 is 30.2. The van der Waals surface area contributed by atoms with Gasteiger partial charge in [-0.3, -0.25) is 4.55 Å². The van der Waals surface area contributed by atoms with Crippen LogP contribution < -0.4 is 0 Å². The van der Waals surface area contributed by atoms with Crippen LogP contribution in [0.5, 0.6) is 0 Å². The minimum absolute atomic E-state index is 0.232. The van der Waals surface area contributed by atoms with Crippen molar-refractivity contribution in [2.45, 2.75) is 18.6 Å². The van der Waals surface area contributed by atoms with Gasteiger partial charge in [-0.05, 0) is 6.42 Å². The second-order valence-electron chi connectivity index (χ2n) is 2.65. The van der Waals surface area contributed by atoms with Gasteiger partial charge in [0.25, 0.3) is 10.1 Å². The van der Waals surface area contributed by atoms with E-state index in [0.29, 0.717) is 0 Å². The quantitative estimate of drug-likeness (QED) is 0.444. The fourth-order valence-electron chi connectivity index (χ4n) is 1.02. The Morgan fingerprint density at radius 3 is 2.00 bits per heavy atom. The summed E-state index contributed by atoms with van der Waals surface area (Å²) >= 11 is 0. The Kier molecular flexibility index (Phi) is 4.43. The molecule has 0 amide bonds. The lowest BCUT2D eigenvalue weighted by atomic mass is 10.1. The Morgan fingerprint density at radius 2 is 1.80 bits per heavy atom. The molecule has 0 aliphatic heterocycles. The summed E-state index contributed by atoms with van der Waals surface area (Å²) in [5.41, 5.74) is -0.868. The van der Waals surface area contributed by atoms with E-state index in [1.807, 2.05) is 0 Å². The van der Waals surface area contributed by atoms with Crippen molar-refractivity contribution in [3.8, 4) is 0 Å². The van der Waals surface area contributed by atoms with E-state index in [1.165, 1.54) is 6.92 Å². The number of carbonyl (C=O) groups is 2. The number of carboxylic acids is 2. The Balaban J connectivity index is 5.43. The largest absolute Gasteiger partial charge is 0.478 e. The third kappa shape index (κ3) is 4.09. The summed E-state index contributed by atoms with van der Waals surface area (Å²) in [7, 11) is -4.62. The summed E-state index contributed by atoms with van der Waals surface area (Å²) in [4.78, 5) is 20.8. The predicted octanol–water partition coefficient (Wildman–Crippen LogP) is -0.252.